The van der Waals surface area contributed by atoms with Gasteiger partial charge in [0, 0.05) is 98.1 Å². The van der Waals surface area contributed by atoms with Crippen LogP contribution in [0.25, 0.3) is 0 Å². The number of amides is 7. The number of para-hydroxylation sites is 2. The number of imide groups is 1. The molecule has 5 aliphatic heterocycles. The molecule has 1 unspecified atom stereocenters. The number of aliphatic hydroxyl groups excluding tert-OH is 1. The number of carbonyl (C=O) groups is 7. The van der Waals surface area contributed by atoms with Crippen LogP contribution in [0, 0.1) is 0 Å². The van der Waals surface area contributed by atoms with E-state index in [1.807, 2.05) is 65.7 Å². The van der Waals surface area contributed by atoms with E-state index in [0.29, 0.717) is 88.0 Å². The lowest BCUT2D eigenvalue weighted by Crippen LogP contribution is -2.50. The van der Waals surface area contributed by atoms with Gasteiger partial charge >= 0.3 is 0 Å². The Morgan fingerprint density at radius 1 is 0.667 bits per heavy atom. The van der Waals surface area contributed by atoms with Gasteiger partial charge < -0.3 is 50.2 Å². The summed E-state index contributed by atoms with van der Waals surface area (Å²) in [4.78, 5) is 104. The largest absolute Gasteiger partial charge is 0.493 e. The molecule has 0 spiro atoms. The topological polar surface area (TPSA) is 259 Å². The minimum atomic E-state index is -1.06. The number of methoxy groups -OCH3 is 2. The number of hydrogen-bond acceptors (Lipinski definition) is 15. The highest BCUT2D eigenvalue weighted by Crippen LogP contribution is 2.46. The molecule has 21 nitrogen and oxygen atoms in total. The summed E-state index contributed by atoms with van der Waals surface area (Å²) in [6.07, 6.45) is 7.18. The van der Waals surface area contributed by atoms with Crippen molar-refractivity contribution in [1.29, 1.82) is 0 Å². The van der Waals surface area contributed by atoms with E-state index >= 15 is 0 Å². The predicted octanol–water partition coefficient (Wildman–Crippen LogP) is 5.84. The van der Waals surface area contributed by atoms with Gasteiger partial charge in [-0.15, -0.1) is 0 Å². The Labute approximate surface area is 467 Å². The van der Waals surface area contributed by atoms with Gasteiger partial charge in [0.15, 0.2) is 29.2 Å². The molecule has 5 atom stereocenters. The van der Waals surface area contributed by atoms with Crippen molar-refractivity contribution in [3.8, 4) is 23.0 Å². The van der Waals surface area contributed by atoms with Crippen LogP contribution in [0.4, 0.5) is 28.4 Å². The summed E-state index contributed by atoms with van der Waals surface area (Å²) in [5, 5.41) is 22.6. The van der Waals surface area contributed by atoms with Crippen LogP contribution in [-0.4, -0.2) is 115 Å². The van der Waals surface area contributed by atoms with E-state index in [1.54, 1.807) is 47.5 Å². The monoisotopic (exact) mass is 1100 g/mol. The van der Waals surface area contributed by atoms with Crippen LogP contribution < -0.4 is 50.0 Å². The van der Waals surface area contributed by atoms with Crippen molar-refractivity contribution < 1.29 is 57.6 Å². The third-order valence-electron chi connectivity index (χ3n) is 14.7. The van der Waals surface area contributed by atoms with Crippen LogP contribution in [0.3, 0.4) is 0 Å². The standard InChI is InChI=1S/C60H61N9O12/c1-34(64-54(71)16-10-9-15-53(70)61-19-20-67-55(72)17-18-56(67)73)57(74)65-35(2)58(75)66-40-22-36(32-80-51-28-45-43(26-49(51)78-3)59(76)68-41(30-62-45)24-38-11-5-7-13-47(38)68)21-37(23-40)33-81-52-29-46-44(27-50(52)79-4)60(77)69-42(31-63-46)25-39-12-6-8-14-48(39)69/h5-8,11-14,17-18,21-23,26-31,34-35,41-42,59,76H,9-10,15-16,19-20,24-25,32-33H2,1-4H3,(H,61,70)(H,64,71)(H,65,74)(H,66,75)/t34-,35-,41+,42+,59?/m1/s1. The first-order valence-electron chi connectivity index (χ1n) is 26.7. The fourth-order valence-electron chi connectivity index (χ4n) is 10.5. The number of rotatable bonds is 21. The Morgan fingerprint density at radius 2 is 1.25 bits per heavy atom. The summed E-state index contributed by atoms with van der Waals surface area (Å²) in [5.74, 6) is -1.60. The van der Waals surface area contributed by atoms with Crippen molar-refractivity contribution in [2.24, 2.45) is 9.98 Å². The quantitative estimate of drug-likeness (QED) is 0.0428. The van der Waals surface area contributed by atoms with Gasteiger partial charge in [-0.1, -0.05) is 36.4 Å². The number of benzene rings is 5. The van der Waals surface area contributed by atoms with Crippen LogP contribution in [0.5, 0.6) is 23.0 Å². The Bertz CT molecular complexity index is 3410. The van der Waals surface area contributed by atoms with Crippen LogP contribution in [0.15, 0.2) is 113 Å². The minimum Gasteiger partial charge on any atom is -0.493 e. The maximum Gasteiger partial charge on any atom is 0.261 e. The van der Waals surface area contributed by atoms with E-state index in [-0.39, 0.29) is 63.0 Å². The van der Waals surface area contributed by atoms with Gasteiger partial charge in [-0.2, -0.15) is 0 Å². The number of ether oxygens (including phenoxy) is 4. The molecule has 0 radical (unpaired) electrons. The molecule has 0 aliphatic carbocycles. The summed E-state index contributed by atoms with van der Waals surface area (Å²) in [7, 11) is 3.00. The summed E-state index contributed by atoms with van der Waals surface area (Å²) in [6.45, 7) is 3.10. The molecule has 5 aromatic rings. The summed E-state index contributed by atoms with van der Waals surface area (Å²) >= 11 is 0. The molecule has 0 aromatic heterocycles. The van der Waals surface area contributed by atoms with Crippen molar-refractivity contribution in [3.63, 3.8) is 0 Å². The van der Waals surface area contributed by atoms with Crippen LogP contribution in [0.1, 0.15) is 83.9 Å². The average molecular weight is 1100 g/mol. The van der Waals surface area contributed by atoms with E-state index in [0.717, 1.165) is 27.4 Å². The average Bonchev–Trinajstić information content (AvgIpc) is 4.22. The first-order chi connectivity index (χ1) is 39.2. The molecule has 81 heavy (non-hydrogen) atoms. The number of aliphatic imine (C=N–C) groups is 2. The zero-order valence-corrected chi connectivity index (χ0v) is 45.1. The van der Waals surface area contributed by atoms with Gasteiger partial charge in [-0.25, -0.2) is 0 Å². The van der Waals surface area contributed by atoms with E-state index in [9.17, 15) is 38.7 Å². The van der Waals surface area contributed by atoms with Gasteiger partial charge in [0.1, 0.15) is 25.3 Å². The lowest BCUT2D eigenvalue weighted by Gasteiger charge is -2.29. The van der Waals surface area contributed by atoms with E-state index in [1.165, 1.54) is 40.2 Å². The second-order valence-corrected chi connectivity index (χ2v) is 20.2. The predicted molar refractivity (Wildman–Crippen MR) is 301 cm³/mol. The highest BCUT2D eigenvalue weighted by atomic mass is 16.5. The molecular weight excluding hydrogens is 1040 g/mol. The summed E-state index contributed by atoms with van der Waals surface area (Å²) in [6, 6.07) is 25.3. The maximum absolute atomic E-state index is 14.1. The Kier molecular flexibility index (Phi) is 16.2. The molecule has 7 amide bonds. The Balaban J connectivity index is 0.806. The third kappa shape index (κ3) is 12.0. The van der Waals surface area contributed by atoms with E-state index < -0.39 is 47.8 Å². The van der Waals surface area contributed by atoms with Crippen molar-refractivity contribution in [3.05, 3.63) is 137 Å². The molecule has 0 bridgehead atoms. The second kappa shape index (κ2) is 23.9. The highest BCUT2D eigenvalue weighted by molar-refractivity contribution is 6.15. The molecule has 5 N–H and O–H groups in total. The smallest absolute Gasteiger partial charge is 0.261 e. The van der Waals surface area contributed by atoms with Crippen LogP contribution in [0.2, 0.25) is 0 Å². The molecule has 0 fully saturated rings. The first-order valence-corrected chi connectivity index (χ1v) is 26.7. The molecule has 5 aliphatic rings. The number of carbonyl (C=O) groups excluding carboxylic acids is 7. The van der Waals surface area contributed by atoms with Gasteiger partial charge in [-0.3, -0.25) is 53.3 Å². The molecule has 10 rings (SSSR count). The van der Waals surface area contributed by atoms with E-state index in [4.69, 9.17) is 28.9 Å². The molecule has 5 aromatic carbocycles. The van der Waals surface area contributed by atoms with Crippen molar-refractivity contribution >= 4 is 82.2 Å². The number of nitrogens with one attached hydrogen (secondary N) is 4. The molecule has 21 heteroatoms. The van der Waals surface area contributed by atoms with Gasteiger partial charge in [0.05, 0.1) is 43.2 Å². The second-order valence-electron chi connectivity index (χ2n) is 20.2. The fraction of sp³-hybridized carbons (Fsp3) is 0.317. The lowest BCUT2D eigenvalue weighted by atomic mass is 10.1. The Hall–Kier alpha value is -9.37. The molecular formula is C60H61N9O12. The number of hydrogen-bond donors (Lipinski definition) is 5. The zero-order chi connectivity index (χ0) is 56.9. The number of aliphatic hydroxyl groups is 1. The number of nitrogens with zero attached hydrogens (tertiary/aromatic N) is 5. The molecule has 0 saturated carbocycles. The van der Waals surface area contributed by atoms with Gasteiger partial charge in [-0.05, 0) is 91.4 Å². The summed E-state index contributed by atoms with van der Waals surface area (Å²) < 4.78 is 24.4. The molecule has 0 saturated heterocycles. The highest BCUT2D eigenvalue weighted by Gasteiger charge is 2.38. The summed E-state index contributed by atoms with van der Waals surface area (Å²) in [5.41, 5.74) is 7.33. The van der Waals surface area contributed by atoms with Crippen molar-refractivity contribution in [2.75, 3.05) is 42.4 Å². The fourth-order valence-corrected chi connectivity index (χ4v) is 10.5. The third-order valence-corrected chi connectivity index (χ3v) is 14.7. The lowest BCUT2D eigenvalue weighted by molar-refractivity contribution is -0.137. The number of fused-ring (bicyclic) bond motifs is 8. The first kappa shape index (κ1) is 55.0. The maximum atomic E-state index is 14.1. The number of anilines is 3. The molecule has 418 valence electrons. The number of unbranched alkanes of at least 4 members (excludes halogenated alkanes) is 1. The SMILES string of the molecule is COc1cc2c(cc1OCc1cc(COc3cc4c(cc3OC)C(O)N3c5ccccc5C[C@H]3C=N4)cc(NC(=O)[C@@H](C)NC(=O)[C@@H](C)NC(=O)CCCCC(=O)NCCN3C(=O)C=CC3=O)c1)N=C[C@@H]1Cc3ccccc3N1C2=O. The van der Waals surface area contributed by atoms with Crippen molar-refractivity contribution in [2.45, 2.75) is 96.0 Å². The van der Waals surface area contributed by atoms with Crippen LogP contribution in [-0.2, 0) is 54.8 Å². The van der Waals surface area contributed by atoms with Crippen molar-refractivity contribution in [1.82, 2.24) is 20.9 Å². The van der Waals surface area contributed by atoms with Gasteiger partial charge in [0.2, 0.25) is 23.6 Å². The molecule has 5 heterocycles. The minimum absolute atomic E-state index is 0.0277. The zero-order valence-electron chi connectivity index (χ0n) is 45.1. The van der Waals surface area contributed by atoms with Gasteiger partial charge in [0.25, 0.3) is 17.7 Å². The Morgan fingerprint density at radius 3 is 1.94 bits per heavy atom. The van der Waals surface area contributed by atoms with Crippen LogP contribution >= 0.6 is 0 Å². The van der Waals surface area contributed by atoms with E-state index in [2.05, 4.69) is 21.3 Å². The normalized spacial score (nSPS) is 17.8.